The molecule has 9 nitrogen and oxygen atoms in total. The van der Waals surface area contributed by atoms with Crippen molar-refractivity contribution in [2.45, 2.75) is 26.4 Å². The number of nitrogens with one attached hydrogen (secondary N) is 1. The second kappa shape index (κ2) is 9.12. The van der Waals surface area contributed by atoms with Crippen molar-refractivity contribution in [2.24, 2.45) is 0 Å². The van der Waals surface area contributed by atoms with E-state index in [0.29, 0.717) is 29.4 Å². The van der Waals surface area contributed by atoms with Gasteiger partial charge in [0, 0.05) is 17.8 Å². The van der Waals surface area contributed by atoms with Crippen molar-refractivity contribution in [1.82, 2.24) is 35.1 Å². The first-order valence-corrected chi connectivity index (χ1v) is 9.87. The van der Waals surface area contributed by atoms with E-state index in [0.717, 1.165) is 5.69 Å². The number of amides is 1. The summed E-state index contributed by atoms with van der Waals surface area (Å²) in [5, 5.41) is 9.91. The summed E-state index contributed by atoms with van der Waals surface area (Å²) in [4.78, 5) is 25.8. The van der Waals surface area contributed by atoms with Crippen molar-refractivity contribution in [2.75, 3.05) is 5.01 Å². The van der Waals surface area contributed by atoms with Crippen molar-refractivity contribution in [1.29, 1.82) is 0 Å². The van der Waals surface area contributed by atoms with Crippen LogP contribution in [0.5, 0.6) is 0 Å². The molecule has 4 aromatic rings. The molecular weight excluding hydrogens is 392 g/mol. The number of aromatic nitrogens is 6. The Morgan fingerprint density at radius 2 is 1.94 bits per heavy atom. The van der Waals surface area contributed by atoms with Gasteiger partial charge in [0.15, 0.2) is 5.82 Å². The van der Waals surface area contributed by atoms with Gasteiger partial charge in [-0.3, -0.25) is 15.2 Å². The van der Waals surface area contributed by atoms with Gasteiger partial charge >= 0.3 is 0 Å². The lowest BCUT2D eigenvalue weighted by atomic mass is 10.2. The number of pyridine rings is 1. The zero-order valence-corrected chi connectivity index (χ0v) is 17.3. The van der Waals surface area contributed by atoms with Gasteiger partial charge in [0.25, 0.3) is 5.91 Å². The molecule has 0 aliphatic carbocycles. The monoisotopic (exact) mass is 414 g/mol. The van der Waals surface area contributed by atoms with Crippen LogP contribution in [-0.2, 0) is 6.54 Å². The fraction of sp³-hybridized carbons (Fsp3) is 0.182. The molecule has 4 rings (SSSR count). The third-order valence-electron chi connectivity index (χ3n) is 4.61. The second-order valence-corrected chi connectivity index (χ2v) is 7.13. The Balaban J connectivity index is 1.68. The predicted octanol–water partition coefficient (Wildman–Crippen LogP) is 3.06. The van der Waals surface area contributed by atoms with E-state index in [4.69, 9.17) is 4.98 Å². The van der Waals surface area contributed by atoms with E-state index in [9.17, 15) is 4.79 Å². The summed E-state index contributed by atoms with van der Waals surface area (Å²) in [6, 6.07) is 16.6. The zero-order chi connectivity index (χ0) is 21.6. The Morgan fingerprint density at radius 1 is 1.10 bits per heavy atom. The maximum absolute atomic E-state index is 12.8. The summed E-state index contributed by atoms with van der Waals surface area (Å²) < 4.78 is 1.95. The van der Waals surface area contributed by atoms with Gasteiger partial charge in [0.05, 0.1) is 12.2 Å². The van der Waals surface area contributed by atoms with Crippen LogP contribution in [0, 0.1) is 0 Å². The molecule has 0 spiro atoms. The van der Waals surface area contributed by atoms with E-state index < -0.39 is 0 Å². The molecule has 9 heteroatoms. The number of carbonyl (C=O) groups is 1. The molecule has 1 amide bonds. The number of benzene rings is 1. The first kappa shape index (κ1) is 20.1. The van der Waals surface area contributed by atoms with E-state index in [1.807, 2.05) is 41.0 Å². The van der Waals surface area contributed by atoms with Crippen molar-refractivity contribution in [3.05, 3.63) is 84.7 Å². The molecule has 1 aromatic carbocycles. The second-order valence-electron chi connectivity index (χ2n) is 7.13. The van der Waals surface area contributed by atoms with Gasteiger partial charge in [-0.05, 0) is 44.2 Å². The van der Waals surface area contributed by atoms with Crippen molar-refractivity contribution >= 4 is 11.7 Å². The highest BCUT2D eigenvalue weighted by Gasteiger charge is 2.17. The molecule has 31 heavy (non-hydrogen) atoms. The lowest BCUT2D eigenvalue weighted by Gasteiger charge is -2.24. The van der Waals surface area contributed by atoms with Crippen LogP contribution in [0.3, 0.4) is 0 Å². The van der Waals surface area contributed by atoms with Crippen molar-refractivity contribution < 1.29 is 4.79 Å². The van der Waals surface area contributed by atoms with Gasteiger partial charge < -0.3 is 4.57 Å². The van der Waals surface area contributed by atoms with E-state index in [1.54, 1.807) is 35.7 Å². The van der Waals surface area contributed by atoms with Gasteiger partial charge in [0.2, 0.25) is 0 Å². The minimum absolute atomic E-state index is 0.186. The molecule has 0 bridgehead atoms. The van der Waals surface area contributed by atoms with Crippen LogP contribution in [0.2, 0.25) is 0 Å². The Bertz CT molecular complexity index is 1140. The van der Waals surface area contributed by atoms with Gasteiger partial charge in [-0.25, -0.2) is 15.0 Å². The van der Waals surface area contributed by atoms with Crippen LogP contribution < -0.4 is 10.4 Å². The van der Waals surface area contributed by atoms with E-state index in [2.05, 4.69) is 39.4 Å². The molecule has 3 aromatic heterocycles. The van der Waals surface area contributed by atoms with Crippen LogP contribution in [0.15, 0.2) is 73.4 Å². The quantitative estimate of drug-likeness (QED) is 0.464. The lowest BCUT2D eigenvalue weighted by Crippen LogP contribution is -2.42. The van der Waals surface area contributed by atoms with Crippen LogP contribution in [0.4, 0.5) is 5.82 Å². The largest absolute Gasteiger partial charge is 0.310 e. The number of anilines is 1. The van der Waals surface area contributed by atoms with E-state index in [1.165, 1.54) is 6.33 Å². The third kappa shape index (κ3) is 4.72. The maximum Gasteiger partial charge on any atom is 0.269 e. The van der Waals surface area contributed by atoms with Gasteiger partial charge in [-0.1, -0.05) is 24.3 Å². The highest BCUT2D eigenvalue weighted by atomic mass is 16.2. The number of carbonyl (C=O) groups excluding carboxylic acids is 1. The molecule has 1 N–H and O–H groups in total. The highest BCUT2D eigenvalue weighted by molar-refractivity contribution is 5.94. The normalized spacial score (nSPS) is 10.8. The topological polar surface area (TPSA) is 102 Å². The van der Waals surface area contributed by atoms with Crippen LogP contribution >= 0.6 is 0 Å². The molecule has 0 aliphatic rings. The fourth-order valence-corrected chi connectivity index (χ4v) is 3.03. The summed E-state index contributed by atoms with van der Waals surface area (Å²) in [5.41, 5.74) is 4.88. The van der Waals surface area contributed by atoms with Crippen LogP contribution in [0.1, 0.15) is 35.9 Å². The average molecular weight is 414 g/mol. The van der Waals surface area contributed by atoms with Crippen LogP contribution in [-0.4, -0.2) is 35.6 Å². The zero-order valence-electron chi connectivity index (χ0n) is 17.3. The molecular formula is C22H22N8O. The number of hydrogen-bond donors (Lipinski definition) is 1. The molecule has 0 fully saturated rings. The minimum Gasteiger partial charge on any atom is -0.310 e. The van der Waals surface area contributed by atoms with E-state index >= 15 is 0 Å². The lowest BCUT2D eigenvalue weighted by molar-refractivity contribution is 0.0947. The first-order chi connectivity index (χ1) is 15.1. The highest BCUT2D eigenvalue weighted by Crippen LogP contribution is 2.21. The molecule has 0 aliphatic heterocycles. The van der Waals surface area contributed by atoms with Crippen LogP contribution in [0.25, 0.3) is 11.5 Å². The summed E-state index contributed by atoms with van der Waals surface area (Å²) in [6.07, 6.45) is 4.82. The number of nitrogens with zero attached hydrogens (tertiary/aromatic N) is 7. The number of rotatable bonds is 7. The summed E-state index contributed by atoms with van der Waals surface area (Å²) in [6.45, 7) is 4.42. The van der Waals surface area contributed by atoms with Crippen molar-refractivity contribution in [3.8, 4) is 11.5 Å². The molecule has 0 unspecified atom stereocenters. The SMILES string of the molecule is CC(C)n1cnnc1-c1cccc(N(Cc2ccncn2)NC(=O)c2ccccc2)n1. The molecule has 0 saturated heterocycles. The third-order valence-corrected chi connectivity index (χ3v) is 4.61. The molecule has 0 saturated carbocycles. The summed E-state index contributed by atoms with van der Waals surface area (Å²) >= 11 is 0. The Kier molecular flexibility index (Phi) is 5.93. The number of hydrazine groups is 1. The van der Waals surface area contributed by atoms with Gasteiger partial charge in [-0.15, -0.1) is 10.2 Å². The Labute approximate surface area is 179 Å². The smallest absolute Gasteiger partial charge is 0.269 e. The Morgan fingerprint density at radius 3 is 2.68 bits per heavy atom. The average Bonchev–Trinajstić information content (AvgIpc) is 3.30. The molecule has 0 radical (unpaired) electrons. The summed E-state index contributed by atoms with van der Waals surface area (Å²) in [5.74, 6) is 0.971. The first-order valence-electron chi connectivity index (χ1n) is 9.87. The maximum atomic E-state index is 12.8. The predicted molar refractivity (Wildman–Crippen MR) is 116 cm³/mol. The minimum atomic E-state index is -0.243. The molecule has 0 atom stereocenters. The van der Waals surface area contributed by atoms with Crippen molar-refractivity contribution in [3.63, 3.8) is 0 Å². The Hall–Kier alpha value is -4.14. The standard InChI is InChI=1S/C22H22N8O/c1-16(2)29-15-25-27-21(29)19-9-6-10-20(26-19)30(13-18-11-12-23-14-24-18)28-22(31)17-7-4-3-5-8-17/h3-12,14-16H,13H2,1-2H3,(H,28,31). The van der Waals surface area contributed by atoms with E-state index in [-0.39, 0.29) is 11.9 Å². The van der Waals surface area contributed by atoms with Gasteiger partial charge in [0.1, 0.15) is 24.2 Å². The van der Waals surface area contributed by atoms with Gasteiger partial charge in [-0.2, -0.15) is 0 Å². The fourth-order valence-electron chi connectivity index (χ4n) is 3.03. The molecule has 156 valence electrons. The summed E-state index contributed by atoms with van der Waals surface area (Å²) in [7, 11) is 0. The number of hydrogen-bond acceptors (Lipinski definition) is 7. The molecule has 3 heterocycles.